The summed E-state index contributed by atoms with van der Waals surface area (Å²) in [5.74, 6) is 1.96. The van der Waals surface area contributed by atoms with Gasteiger partial charge in [0.15, 0.2) is 5.76 Å². The molecule has 0 unspecified atom stereocenters. The first kappa shape index (κ1) is 21.8. The Morgan fingerprint density at radius 2 is 1.79 bits per heavy atom. The number of hydrogen-bond donors (Lipinski definition) is 0. The summed E-state index contributed by atoms with van der Waals surface area (Å²) in [5, 5.41) is 3.80. The molecule has 0 aliphatic carbocycles. The van der Waals surface area contributed by atoms with E-state index in [0.717, 1.165) is 32.2 Å². The van der Waals surface area contributed by atoms with Gasteiger partial charge in [0.1, 0.15) is 28.5 Å². The van der Waals surface area contributed by atoms with E-state index in [4.69, 9.17) is 9.26 Å². The Morgan fingerprint density at radius 3 is 2.42 bits per heavy atom. The fraction of sp³-hybridized carbons (Fsp3) is 0.318. The molecule has 0 atom stereocenters. The van der Waals surface area contributed by atoms with Crippen molar-refractivity contribution in [3.8, 4) is 16.2 Å². The maximum Gasteiger partial charge on any atom is 0.248 e. The summed E-state index contributed by atoms with van der Waals surface area (Å²) in [5.41, 5.74) is 2.35. The maximum atomic E-state index is 13.1. The second-order valence-electron chi connectivity index (χ2n) is 7.80. The Bertz CT molecular complexity index is 1390. The Balaban J connectivity index is 1.39. The predicted octanol–water partition coefficient (Wildman–Crippen LogP) is 3.48. The van der Waals surface area contributed by atoms with E-state index in [-0.39, 0.29) is 4.90 Å². The largest absolute Gasteiger partial charge is 0.497 e. The number of sulfonamides is 1. The minimum absolute atomic E-state index is 0.169. The lowest BCUT2D eigenvalue weighted by Gasteiger charge is -2.34. The van der Waals surface area contributed by atoms with Crippen molar-refractivity contribution in [2.45, 2.75) is 18.7 Å². The summed E-state index contributed by atoms with van der Waals surface area (Å²) < 4.78 is 39.1. The molecule has 33 heavy (non-hydrogen) atoms. The SMILES string of the molecule is COc1ccc(-c2cc3ncnc(N4CCN(S(=O)(=O)c5c(C)noc5C)CC4)c3s2)cc1. The van der Waals surface area contributed by atoms with E-state index < -0.39 is 10.0 Å². The van der Waals surface area contributed by atoms with Crippen LogP contribution >= 0.6 is 11.3 Å². The lowest BCUT2D eigenvalue weighted by atomic mass is 10.2. The van der Waals surface area contributed by atoms with Gasteiger partial charge >= 0.3 is 0 Å². The van der Waals surface area contributed by atoms with Crippen LogP contribution < -0.4 is 9.64 Å². The number of methoxy groups -OCH3 is 1. The molecule has 1 aliphatic heterocycles. The number of nitrogens with zero attached hydrogens (tertiary/aromatic N) is 5. The smallest absolute Gasteiger partial charge is 0.248 e. The Morgan fingerprint density at radius 1 is 1.06 bits per heavy atom. The molecule has 1 saturated heterocycles. The molecule has 0 radical (unpaired) electrons. The van der Waals surface area contributed by atoms with Crippen molar-refractivity contribution in [1.29, 1.82) is 0 Å². The fourth-order valence-corrected chi connectivity index (χ4v) is 6.92. The van der Waals surface area contributed by atoms with Gasteiger partial charge in [-0.3, -0.25) is 0 Å². The lowest BCUT2D eigenvalue weighted by molar-refractivity contribution is 0.378. The summed E-state index contributed by atoms with van der Waals surface area (Å²) in [4.78, 5) is 12.4. The second-order valence-corrected chi connectivity index (χ2v) is 10.7. The Kier molecular flexibility index (Phi) is 5.55. The van der Waals surface area contributed by atoms with Crippen molar-refractivity contribution >= 4 is 37.4 Å². The lowest BCUT2D eigenvalue weighted by Crippen LogP contribution is -2.49. The number of rotatable bonds is 5. The summed E-state index contributed by atoms with van der Waals surface area (Å²) >= 11 is 1.63. The summed E-state index contributed by atoms with van der Waals surface area (Å²) in [7, 11) is -2.01. The predicted molar refractivity (Wildman–Crippen MR) is 126 cm³/mol. The zero-order valence-corrected chi connectivity index (χ0v) is 20.1. The molecule has 9 nitrogen and oxygen atoms in total. The molecular formula is C22H23N5O4S2. The highest BCUT2D eigenvalue weighted by molar-refractivity contribution is 7.89. The van der Waals surface area contributed by atoms with Crippen molar-refractivity contribution in [3.05, 3.63) is 48.1 Å². The van der Waals surface area contributed by atoms with E-state index in [1.807, 2.05) is 24.3 Å². The molecular weight excluding hydrogens is 462 g/mol. The van der Waals surface area contributed by atoms with Crippen molar-refractivity contribution in [2.24, 2.45) is 0 Å². The van der Waals surface area contributed by atoms with Gasteiger partial charge in [-0.05, 0) is 49.7 Å². The van der Waals surface area contributed by atoms with Gasteiger partial charge in [0.05, 0.1) is 17.3 Å². The monoisotopic (exact) mass is 485 g/mol. The number of hydrogen-bond acceptors (Lipinski definition) is 9. The minimum atomic E-state index is -3.66. The Hall–Kier alpha value is -3.02. The van der Waals surface area contributed by atoms with Gasteiger partial charge < -0.3 is 14.2 Å². The van der Waals surface area contributed by atoms with E-state index >= 15 is 0 Å². The number of fused-ring (bicyclic) bond motifs is 1. The maximum absolute atomic E-state index is 13.1. The highest BCUT2D eigenvalue weighted by Crippen LogP contribution is 2.37. The molecule has 4 aromatic rings. The molecule has 4 heterocycles. The first-order valence-electron chi connectivity index (χ1n) is 10.5. The number of ether oxygens (including phenoxy) is 1. The molecule has 11 heteroatoms. The molecule has 0 amide bonds. The third-order valence-corrected chi connectivity index (χ3v) is 9.08. The molecule has 1 aromatic carbocycles. The van der Waals surface area contributed by atoms with Gasteiger partial charge in [-0.1, -0.05) is 5.16 Å². The quantitative estimate of drug-likeness (QED) is 0.423. The van der Waals surface area contributed by atoms with Crippen LogP contribution in [-0.2, 0) is 10.0 Å². The van der Waals surface area contributed by atoms with Crippen molar-refractivity contribution < 1.29 is 17.7 Å². The van der Waals surface area contributed by atoms with Crippen LogP contribution in [0.3, 0.4) is 0 Å². The third-order valence-electron chi connectivity index (χ3n) is 5.77. The number of anilines is 1. The van der Waals surface area contributed by atoms with Gasteiger partial charge in [0.25, 0.3) is 0 Å². The van der Waals surface area contributed by atoms with Gasteiger partial charge in [-0.2, -0.15) is 4.31 Å². The molecule has 0 N–H and O–H groups in total. The first-order valence-corrected chi connectivity index (χ1v) is 12.7. The van der Waals surface area contributed by atoms with Gasteiger partial charge in [-0.15, -0.1) is 11.3 Å². The number of aromatic nitrogens is 3. The number of aryl methyl sites for hydroxylation is 2. The van der Waals surface area contributed by atoms with Crippen LogP contribution in [0.2, 0.25) is 0 Å². The zero-order chi connectivity index (χ0) is 23.2. The molecule has 0 bridgehead atoms. The highest BCUT2D eigenvalue weighted by Gasteiger charge is 2.34. The van der Waals surface area contributed by atoms with E-state index in [1.165, 1.54) is 4.31 Å². The average molecular weight is 486 g/mol. The highest BCUT2D eigenvalue weighted by atomic mass is 32.2. The average Bonchev–Trinajstić information content (AvgIpc) is 3.42. The van der Waals surface area contributed by atoms with E-state index in [2.05, 4.69) is 26.1 Å². The van der Waals surface area contributed by atoms with Crippen molar-refractivity contribution in [1.82, 2.24) is 19.4 Å². The van der Waals surface area contributed by atoms with Crippen molar-refractivity contribution in [2.75, 3.05) is 38.2 Å². The van der Waals surface area contributed by atoms with Crippen LogP contribution in [0.25, 0.3) is 20.7 Å². The number of piperazine rings is 1. The number of benzene rings is 1. The zero-order valence-electron chi connectivity index (χ0n) is 18.5. The number of thiophene rings is 1. The van der Waals surface area contributed by atoms with Gasteiger partial charge in [-0.25, -0.2) is 18.4 Å². The fourth-order valence-electron chi connectivity index (χ4n) is 4.08. The topological polar surface area (TPSA) is 102 Å². The Labute approximate surface area is 195 Å². The van der Waals surface area contributed by atoms with E-state index in [1.54, 1.807) is 38.6 Å². The van der Waals surface area contributed by atoms with Crippen LogP contribution in [0.4, 0.5) is 5.82 Å². The van der Waals surface area contributed by atoms with Crippen LogP contribution in [0, 0.1) is 13.8 Å². The van der Waals surface area contributed by atoms with E-state index in [0.29, 0.717) is 37.6 Å². The van der Waals surface area contributed by atoms with Crippen molar-refractivity contribution in [3.63, 3.8) is 0 Å². The molecule has 0 spiro atoms. The molecule has 1 fully saturated rings. The summed E-state index contributed by atoms with van der Waals surface area (Å²) in [6.45, 7) is 5.05. The van der Waals surface area contributed by atoms with Crippen LogP contribution in [0.1, 0.15) is 11.5 Å². The standard InChI is InChI=1S/C22H23N5O4S2/c1-14-21(15(2)31-25-14)33(28,29)27-10-8-26(9-11-27)22-20-18(23-13-24-22)12-19(32-20)16-4-6-17(30-3)7-5-16/h4-7,12-13H,8-11H2,1-3H3. The normalized spacial score (nSPS) is 15.3. The second kappa shape index (κ2) is 8.40. The molecule has 0 saturated carbocycles. The van der Waals surface area contributed by atoms with Crippen LogP contribution in [-0.4, -0.2) is 61.1 Å². The van der Waals surface area contributed by atoms with Crippen LogP contribution in [0.15, 0.2) is 46.1 Å². The molecule has 172 valence electrons. The van der Waals surface area contributed by atoms with Gasteiger partial charge in [0.2, 0.25) is 10.0 Å². The molecule has 1 aliphatic rings. The molecule has 5 rings (SSSR count). The summed E-state index contributed by atoms with van der Waals surface area (Å²) in [6, 6.07) is 9.98. The van der Waals surface area contributed by atoms with Crippen LogP contribution in [0.5, 0.6) is 5.75 Å². The minimum Gasteiger partial charge on any atom is -0.497 e. The van der Waals surface area contributed by atoms with Gasteiger partial charge in [0, 0.05) is 31.1 Å². The molecule has 3 aromatic heterocycles. The summed E-state index contributed by atoms with van der Waals surface area (Å²) in [6.07, 6.45) is 1.56. The first-order chi connectivity index (χ1) is 15.9. The van der Waals surface area contributed by atoms with E-state index in [9.17, 15) is 8.42 Å². The third kappa shape index (κ3) is 3.85.